The van der Waals surface area contributed by atoms with E-state index in [-0.39, 0.29) is 10.8 Å². The van der Waals surface area contributed by atoms with E-state index >= 15 is 0 Å². The molecule has 0 unspecified atom stereocenters. The minimum absolute atomic E-state index is 0.199. The molecule has 1 fully saturated rings. The highest BCUT2D eigenvalue weighted by atomic mass is 32.2. The quantitative estimate of drug-likeness (QED) is 0.545. The second-order valence-electron chi connectivity index (χ2n) is 9.27. The molecule has 0 atom stereocenters. The minimum atomic E-state index is -3.65. The maximum Gasteiger partial charge on any atom is 0.243 e. The normalized spacial score (nSPS) is 14.9. The molecule has 4 rings (SSSR count). The highest BCUT2D eigenvalue weighted by molar-refractivity contribution is 7.89. The van der Waals surface area contributed by atoms with Gasteiger partial charge in [0.15, 0.2) is 0 Å². The van der Waals surface area contributed by atoms with Crippen LogP contribution in [0, 0.1) is 20.8 Å². The Bertz CT molecular complexity index is 1340. The van der Waals surface area contributed by atoms with Crippen molar-refractivity contribution in [2.24, 2.45) is 0 Å². The van der Waals surface area contributed by atoms with E-state index in [1.807, 2.05) is 13.8 Å². The van der Waals surface area contributed by atoms with Crippen LogP contribution in [0.25, 0.3) is 0 Å². The molecule has 1 N–H and O–H groups in total. The highest BCUT2D eigenvalue weighted by Crippen LogP contribution is 2.27. The molecular formula is C27H33N5O3S. The van der Waals surface area contributed by atoms with Crippen LogP contribution in [0.5, 0.6) is 0 Å². The van der Waals surface area contributed by atoms with Crippen molar-refractivity contribution in [2.45, 2.75) is 45.4 Å². The molecule has 36 heavy (non-hydrogen) atoms. The Morgan fingerprint density at radius 3 is 2.28 bits per heavy atom. The standard InChI is InChI=1S/C27H33N5O3S/c1-19-6-8-23(9-7-19)18-26-20(2)28-21(3)29-27(26)31-14-5-15-32(17-16-31)36(34,35)25-12-10-24(11-13-25)30-22(4)33/h6-13H,5,14-18H2,1-4H3,(H,30,33). The summed E-state index contributed by atoms with van der Waals surface area (Å²) in [6, 6.07) is 14.8. The maximum absolute atomic E-state index is 13.4. The monoisotopic (exact) mass is 507 g/mol. The highest BCUT2D eigenvalue weighted by Gasteiger charge is 2.28. The van der Waals surface area contributed by atoms with E-state index in [4.69, 9.17) is 4.98 Å². The molecule has 1 aromatic heterocycles. The third-order valence-electron chi connectivity index (χ3n) is 6.37. The molecule has 8 nitrogen and oxygen atoms in total. The van der Waals surface area contributed by atoms with Crippen molar-refractivity contribution in [1.29, 1.82) is 0 Å². The molecule has 3 aromatic rings. The smallest absolute Gasteiger partial charge is 0.243 e. The van der Waals surface area contributed by atoms with Gasteiger partial charge in [0.05, 0.1) is 4.90 Å². The zero-order chi connectivity index (χ0) is 25.9. The van der Waals surface area contributed by atoms with Crippen LogP contribution in [0.15, 0.2) is 53.4 Å². The van der Waals surface area contributed by atoms with E-state index in [1.165, 1.54) is 18.1 Å². The van der Waals surface area contributed by atoms with Crippen LogP contribution in [-0.2, 0) is 21.2 Å². The van der Waals surface area contributed by atoms with E-state index < -0.39 is 10.0 Å². The van der Waals surface area contributed by atoms with Crippen LogP contribution >= 0.6 is 0 Å². The minimum Gasteiger partial charge on any atom is -0.355 e. The summed E-state index contributed by atoms with van der Waals surface area (Å²) in [5.41, 5.74) is 5.01. The Morgan fingerprint density at radius 2 is 1.61 bits per heavy atom. The van der Waals surface area contributed by atoms with Crippen LogP contribution in [0.2, 0.25) is 0 Å². The molecule has 1 amide bonds. The first-order valence-corrected chi connectivity index (χ1v) is 13.6. The molecule has 0 spiro atoms. The zero-order valence-electron chi connectivity index (χ0n) is 21.3. The van der Waals surface area contributed by atoms with E-state index in [2.05, 4.69) is 46.4 Å². The molecule has 0 saturated carbocycles. The number of benzene rings is 2. The van der Waals surface area contributed by atoms with Gasteiger partial charge in [-0.1, -0.05) is 29.8 Å². The summed E-state index contributed by atoms with van der Waals surface area (Å²) in [6.07, 6.45) is 1.41. The van der Waals surface area contributed by atoms with Gasteiger partial charge in [-0.2, -0.15) is 4.31 Å². The van der Waals surface area contributed by atoms with E-state index in [9.17, 15) is 13.2 Å². The first kappa shape index (κ1) is 25.8. The first-order valence-electron chi connectivity index (χ1n) is 12.2. The number of sulfonamides is 1. The van der Waals surface area contributed by atoms with Crippen LogP contribution in [0.3, 0.4) is 0 Å². The lowest BCUT2D eigenvalue weighted by Gasteiger charge is -2.26. The average molecular weight is 508 g/mol. The summed E-state index contributed by atoms with van der Waals surface area (Å²) in [6.45, 7) is 9.45. The summed E-state index contributed by atoms with van der Waals surface area (Å²) in [5.74, 6) is 1.40. The molecular weight excluding hydrogens is 474 g/mol. The number of nitrogens with zero attached hydrogens (tertiary/aromatic N) is 4. The van der Waals surface area contributed by atoms with Gasteiger partial charge in [-0.25, -0.2) is 18.4 Å². The predicted octanol–water partition coefficient (Wildman–Crippen LogP) is 3.85. The first-order chi connectivity index (χ1) is 17.1. The number of hydrogen-bond donors (Lipinski definition) is 1. The lowest BCUT2D eigenvalue weighted by Crippen LogP contribution is -2.35. The van der Waals surface area contributed by atoms with Gasteiger partial charge in [0.25, 0.3) is 0 Å². The lowest BCUT2D eigenvalue weighted by atomic mass is 10.0. The predicted molar refractivity (Wildman–Crippen MR) is 142 cm³/mol. The van der Waals surface area contributed by atoms with Crippen LogP contribution in [-0.4, -0.2) is 54.8 Å². The molecule has 0 bridgehead atoms. The number of hydrogen-bond acceptors (Lipinski definition) is 6. The van der Waals surface area contributed by atoms with Gasteiger partial charge in [-0.3, -0.25) is 4.79 Å². The Morgan fingerprint density at radius 1 is 0.917 bits per heavy atom. The number of carbonyl (C=O) groups is 1. The molecule has 1 aliphatic rings. The van der Waals surface area contributed by atoms with Gasteiger partial charge in [-0.15, -0.1) is 0 Å². The number of nitrogens with one attached hydrogen (secondary N) is 1. The van der Waals surface area contributed by atoms with Gasteiger partial charge >= 0.3 is 0 Å². The summed E-state index contributed by atoms with van der Waals surface area (Å²) in [4.78, 5) is 23.1. The van der Waals surface area contributed by atoms with E-state index in [0.29, 0.717) is 44.1 Å². The van der Waals surface area contributed by atoms with Gasteiger partial charge in [0, 0.05) is 56.5 Å². The average Bonchev–Trinajstić information content (AvgIpc) is 3.09. The fraction of sp³-hybridized carbons (Fsp3) is 0.370. The van der Waals surface area contributed by atoms with Crippen molar-refractivity contribution < 1.29 is 13.2 Å². The number of carbonyl (C=O) groups excluding carboxylic acids is 1. The third kappa shape index (κ3) is 5.91. The Hall–Kier alpha value is -3.30. The molecule has 1 saturated heterocycles. The summed E-state index contributed by atoms with van der Waals surface area (Å²) >= 11 is 0. The van der Waals surface area contributed by atoms with Crippen LogP contribution in [0.4, 0.5) is 11.5 Å². The Labute approximate surface area is 213 Å². The summed E-state index contributed by atoms with van der Waals surface area (Å²) in [5, 5.41) is 2.67. The third-order valence-corrected chi connectivity index (χ3v) is 8.29. The molecule has 2 aromatic carbocycles. The number of anilines is 2. The summed E-state index contributed by atoms with van der Waals surface area (Å²) < 4.78 is 28.3. The molecule has 0 radical (unpaired) electrons. The molecule has 1 aliphatic heterocycles. The Balaban J connectivity index is 1.54. The molecule has 0 aliphatic carbocycles. The lowest BCUT2D eigenvalue weighted by molar-refractivity contribution is -0.114. The van der Waals surface area contributed by atoms with Gasteiger partial charge < -0.3 is 10.2 Å². The van der Waals surface area contributed by atoms with Crippen molar-refractivity contribution in [3.05, 3.63) is 76.7 Å². The van der Waals surface area contributed by atoms with Crippen molar-refractivity contribution in [1.82, 2.24) is 14.3 Å². The van der Waals surface area contributed by atoms with Crippen LogP contribution in [0.1, 0.15) is 41.6 Å². The van der Waals surface area contributed by atoms with Gasteiger partial charge in [0.1, 0.15) is 11.6 Å². The van der Waals surface area contributed by atoms with Crippen LogP contribution < -0.4 is 10.2 Å². The zero-order valence-corrected chi connectivity index (χ0v) is 22.1. The fourth-order valence-electron chi connectivity index (χ4n) is 4.50. The van der Waals surface area contributed by atoms with E-state index in [1.54, 1.807) is 28.6 Å². The maximum atomic E-state index is 13.4. The Kier molecular flexibility index (Phi) is 7.70. The van der Waals surface area contributed by atoms with Crippen molar-refractivity contribution >= 4 is 27.4 Å². The second kappa shape index (κ2) is 10.8. The van der Waals surface area contributed by atoms with E-state index in [0.717, 1.165) is 23.5 Å². The second-order valence-corrected chi connectivity index (χ2v) is 11.2. The molecule has 9 heteroatoms. The number of amides is 1. The van der Waals surface area contributed by atoms with Crippen molar-refractivity contribution in [2.75, 3.05) is 36.4 Å². The summed E-state index contributed by atoms with van der Waals surface area (Å²) in [7, 11) is -3.65. The number of aryl methyl sites for hydroxylation is 3. The fourth-order valence-corrected chi connectivity index (χ4v) is 5.97. The number of rotatable bonds is 6. The topological polar surface area (TPSA) is 95.5 Å². The number of aromatic nitrogens is 2. The SMILES string of the molecule is CC(=O)Nc1ccc(S(=O)(=O)N2CCCN(c3nc(C)nc(C)c3Cc3ccc(C)cc3)CC2)cc1. The molecule has 2 heterocycles. The van der Waals surface area contributed by atoms with Gasteiger partial charge in [-0.05, 0) is 57.0 Å². The largest absolute Gasteiger partial charge is 0.355 e. The molecule has 190 valence electrons. The van der Waals surface area contributed by atoms with Crippen molar-refractivity contribution in [3.63, 3.8) is 0 Å². The van der Waals surface area contributed by atoms with Gasteiger partial charge in [0.2, 0.25) is 15.9 Å². The van der Waals surface area contributed by atoms with Crippen molar-refractivity contribution in [3.8, 4) is 0 Å².